The maximum Gasteiger partial charge on any atom is 0.347 e. The van der Waals surface area contributed by atoms with Crippen molar-refractivity contribution in [1.82, 2.24) is 14.9 Å². The Morgan fingerprint density at radius 1 is 1.17 bits per heavy atom. The zero-order valence-electron chi connectivity index (χ0n) is 13.7. The van der Waals surface area contributed by atoms with Crippen molar-refractivity contribution in [3.63, 3.8) is 0 Å². The molecule has 128 valence electrons. The van der Waals surface area contributed by atoms with E-state index in [4.69, 9.17) is 14.2 Å². The van der Waals surface area contributed by atoms with Gasteiger partial charge in [-0.1, -0.05) is 0 Å². The van der Waals surface area contributed by atoms with Crippen LogP contribution in [-0.2, 0) is 6.54 Å². The summed E-state index contributed by atoms with van der Waals surface area (Å²) in [7, 11) is 4.42. The van der Waals surface area contributed by atoms with Crippen LogP contribution in [0.25, 0.3) is 0 Å². The van der Waals surface area contributed by atoms with Gasteiger partial charge in [0, 0.05) is 25.5 Å². The smallest absolute Gasteiger partial charge is 0.347 e. The van der Waals surface area contributed by atoms with Crippen LogP contribution < -0.4 is 25.2 Å². The van der Waals surface area contributed by atoms with E-state index in [1.165, 1.54) is 32.1 Å². The molecule has 0 aliphatic rings. The number of nitrogens with one attached hydrogen (secondary N) is 1. The van der Waals surface area contributed by atoms with Crippen LogP contribution in [-0.4, -0.2) is 43.3 Å². The lowest BCUT2D eigenvalue weighted by molar-refractivity contribution is 0.0948. The molecule has 2 aromatic rings. The van der Waals surface area contributed by atoms with E-state index in [0.717, 1.165) is 0 Å². The molecule has 1 aromatic carbocycles. The van der Waals surface area contributed by atoms with Gasteiger partial charge in [-0.05, 0) is 18.2 Å². The van der Waals surface area contributed by atoms with Crippen LogP contribution >= 0.6 is 0 Å². The van der Waals surface area contributed by atoms with E-state index in [9.17, 15) is 9.59 Å². The van der Waals surface area contributed by atoms with E-state index < -0.39 is 0 Å². The Balaban J connectivity index is 2.12. The summed E-state index contributed by atoms with van der Waals surface area (Å²) in [5.41, 5.74) is -0.0517. The maximum atomic E-state index is 12.4. The SMILES string of the molecule is COc1ccc(C(=O)NCCn2cccnc2=O)c(OC)c1OC. The second kappa shape index (κ2) is 8.00. The first-order valence-electron chi connectivity index (χ1n) is 7.21. The van der Waals surface area contributed by atoms with Gasteiger partial charge in [-0.25, -0.2) is 9.78 Å². The molecule has 0 aliphatic heterocycles. The molecular weight excluding hydrogens is 314 g/mol. The molecule has 1 heterocycles. The highest BCUT2D eigenvalue weighted by Crippen LogP contribution is 2.39. The predicted molar refractivity (Wildman–Crippen MR) is 86.9 cm³/mol. The van der Waals surface area contributed by atoms with Crippen LogP contribution in [0.15, 0.2) is 35.4 Å². The van der Waals surface area contributed by atoms with Crippen molar-refractivity contribution >= 4 is 5.91 Å². The number of hydrogen-bond acceptors (Lipinski definition) is 6. The van der Waals surface area contributed by atoms with Gasteiger partial charge in [0.1, 0.15) is 0 Å². The minimum atomic E-state index is -0.365. The minimum absolute atomic E-state index is 0.266. The molecule has 1 N–H and O–H groups in total. The molecule has 0 saturated heterocycles. The van der Waals surface area contributed by atoms with E-state index in [1.54, 1.807) is 24.4 Å². The van der Waals surface area contributed by atoms with Crippen molar-refractivity contribution < 1.29 is 19.0 Å². The number of ether oxygens (including phenoxy) is 3. The first kappa shape index (κ1) is 17.3. The average Bonchev–Trinajstić information content (AvgIpc) is 2.61. The summed E-state index contributed by atoms with van der Waals surface area (Å²) in [4.78, 5) is 27.5. The molecule has 2 rings (SSSR count). The van der Waals surface area contributed by atoms with E-state index >= 15 is 0 Å². The number of hydrogen-bond donors (Lipinski definition) is 1. The van der Waals surface area contributed by atoms with Crippen LogP contribution in [0.1, 0.15) is 10.4 Å². The van der Waals surface area contributed by atoms with Gasteiger partial charge < -0.3 is 19.5 Å². The fourth-order valence-corrected chi connectivity index (χ4v) is 2.22. The number of carbonyl (C=O) groups excluding carboxylic acids is 1. The third-order valence-corrected chi connectivity index (χ3v) is 3.37. The van der Waals surface area contributed by atoms with E-state index in [1.807, 2.05) is 0 Å². The fraction of sp³-hybridized carbons (Fsp3) is 0.312. The Bertz CT molecular complexity index is 773. The van der Waals surface area contributed by atoms with E-state index in [0.29, 0.717) is 23.6 Å². The highest BCUT2D eigenvalue weighted by Gasteiger charge is 2.20. The topological polar surface area (TPSA) is 91.7 Å². The van der Waals surface area contributed by atoms with Crippen LogP contribution in [0.4, 0.5) is 0 Å². The first-order chi connectivity index (χ1) is 11.6. The molecule has 0 radical (unpaired) electrons. The number of carbonyl (C=O) groups is 1. The van der Waals surface area contributed by atoms with Crippen LogP contribution in [0.5, 0.6) is 17.2 Å². The first-order valence-corrected chi connectivity index (χ1v) is 7.21. The van der Waals surface area contributed by atoms with Gasteiger partial charge in [-0.3, -0.25) is 9.36 Å². The Kier molecular flexibility index (Phi) is 5.78. The molecule has 0 fully saturated rings. The van der Waals surface area contributed by atoms with Crippen LogP contribution in [0.3, 0.4) is 0 Å². The lowest BCUT2D eigenvalue weighted by Gasteiger charge is -2.15. The van der Waals surface area contributed by atoms with Crippen molar-refractivity contribution in [3.05, 3.63) is 46.6 Å². The third kappa shape index (κ3) is 3.65. The quantitative estimate of drug-likeness (QED) is 0.802. The number of methoxy groups -OCH3 is 3. The molecule has 0 spiro atoms. The lowest BCUT2D eigenvalue weighted by Crippen LogP contribution is -2.31. The molecular formula is C16H19N3O5. The van der Waals surface area contributed by atoms with Crippen molar-refractivity contribution in [1.29, 1.82) is 0 Å². The molecule has 8 nitrogen and oxygen atoms in total. The Hall–Kier alpha value is -3.03. The number of aromatic nitrogens is 2. The summed E-state index contributed by atoms with van der Waals surface area (Å²) in [6, 6.07) is 4.87. The van der Waals surface area contributed by atoms with Crippen molar-refractivity contribution in [2.24, 2.45) is 0 Å². The monoisotopic (exact) mass is 333 g/mol. The van der Waals surface area contributed by atoms with Gasteiger partial charge in [0.15, 0.2) is 11.5 Å². The molecule has 24 heavy (non-hydrogen) atoms. The molecule has 0 bridgehead atoms. The highest BCUT2D eigenvalue weighted by atomic mass is 16.5. The number of rotatable bonds is 7. The molecule has 0 aliphatic carbocycles. The predicted octanol–water partition coefficient (Wildman–Crippen LogP) is 0.699. The highest BCUT2D eigenvalue weighted by molar-refractivity contribution is 5.98. The standard InChI is InChI=1S/C16H19N3O5/c1-22-12-6-5-11(13(23-2)14(12)24-3)15(20)17-8-10-19-9-4-7-18-16(19)21/h4-7,9H,8,10H2,1-3H3,(H,17,20). The van der Waals surface area contributed by atoms with E-state index in [-0.39, 0.29) is 23.9 Å². The summed E-state index contributed by atoms with van der Waals surface area (Å²) in [6.07, 6.45) is 3.03. The molecule has 0 saturated carbocycles. The second-order valence-electron chi connectivity index (χ2n) is 4.73. The average molecular weight is 333 g/mol. The van der Waals surface area contributed by atoms with Gasteiger partial charge in [0.2, 0.25) is 5.75 Å². The van der Waals surface area contributed by atoms with Gasteiger partial charge in [0.25, 0.3) is 5.91 Å². The largest absolute Gasteiger partial charge is 0.493 e. The maximum absolute atomic E-state index is 12.4. The zero-order chi connectivity index (χ0) is 17.5. The Morgan fingerprint density at radius 3 is 2.54 bits per heavy atom. The van der Waals surface area contributed by atoms with Crippen LogP contribution in [0.2, 0.25) is 0 Å². The Labute approximate surface area is 139 Å². The summed E-state index contributed by atoms with van der Waals surface area (Å²) < 4.78 is 17.1. The summed E-state index contributed by atoms with van der Waals surface area (Å²) >= 11 is 0. The summed E-state index contributed by atoms with van der Waals surface area (Å²) in [5, 5.41) is 2.74. The summed E-state index contributed by atoms with van der Waals surface area (Å²) in [6.45, 7) is 0.579. The lowest BCUT2D eigenvalue weighted by atomic mass is 10.1. The number of amides is 1. The van der Waals surface area contributed by atoms with Crippen molar-refractivity contribution in [2.45, 2.75) is 6.54 Å². The molecule has 1 aromatic heterocycles. The summed E-state index contributed by atoms with van der Waals surface area (Å²) in [5.74, 6) is 0.751. The van der Waals surface area contributed by atoms with E-state index in [2.05, 4.69) is 10.3 Å². The normalized spacial score (nSPS) is 10.1. The molecule has 1 amide bonds. The van der Waals surface area contributed by atoms with Gasteiger partial charge in [-0.2, -0.15) is 0 Å². The van der Waals surface area contributed by atoms with Crippen molar-refractivity contribution in [2.75, 3.05) is 27.9 Å². The molecule has 8 heteroatoms. The Morgan fingerprint density at radius 2 is 1.92 bits per heavy atom. The number of nitrogens with zero attached hydrogens (tertiary/aromatic N) is 2. The van der Waals surface area contributed by atoms with Crippen molar-refractivity contribution in [3.8, 4) is 17.2 Å². The zero-order valence-corrected chi connectivity index (χ0v) is 13.7. The molecule has 0 unspecified atom stereocenters. The number of benzene rings is 1. The third-order valence-electron chi connectivity index (χ3n) is 3.37. The van der Waals surface area contributed by atoms with Gasteiger partial charge in [-0.15, -0.1) is 0 Å². The second-order valence-corrected chi connectivity index (χ2v) is 4.73. The van der Waals surface area contributed by atoms with Crippen LogP contribution in [0, 0.1) is 0 Å². The minimum Gasteiger partial charge on any atom is -0.493 e. The van der Waals surface area contributed by atoms with Gasteiger partial charge >= 0.3 is 5.69 Å². The fourth-order valence-electron chi connectivity index (χ4n) is 2.22. The molecule has 0 atom stereocenters. The van der Waals surface area contributed by atoms with Gasteiger partial charge in [0.05, 0.1) is 26.9 Å².